The molecule has 0 aliphatic rings. The van der Waals surface area contributed by atoms with Crippen LogP contribution in [0.2, 0.25) is 0 Å². The maximum absolute atomic E-state index is 11.8. The number of aryl methyl sites for hydroxylation is 1. The van der Waals surface area contributed by atoms with Crippen molar-refractivity contribution in [3.63, 3.8) is 0 Å². The molecular weight excluding hydrogens is 366 g/mol. The summed E-state index contributed by atoms with van der Waals surface area (Å²) in [7, 11) is 0. The van der Waals surface area contributed by atoms with Gasteiger partial charge in [0.05, 0.1) is 18.8 Å². The van der Waals surface area contributed by atoms with Gasteiger partial charge in [0.15, 0.2) is 5.58 Å². The first-order chi connectivity index (χ1) is 13.1. The normalized spacial score (nSPS) is 10.6. The number of hydrogen-bond acceptors (Lipinski definition) is 6. The van der Waals surface area contributed by atoms with Gasteiger partial charge in [-0.25, -0.2) is 4.98 Å². The van der Waals surface area contributed by atoms with Gasteiger partial charge in [0.2, 0.25) is 11.8 Å². The Morgan fingerprint density at radius 2 is 1.81 bits per heavy atom. The molecule has 0 unspecified atom stereocenters. The van der Waals surface area contributed by atoms with Gasteiger partial charge in [0.25, 0.3) is 5.22 Å². The average Bonchev–Trinajstić information content (AvgIpc) is 3.09. The number of carbonyl (C=O) groups is 2. The zero-order valence-corrected chi connectivity index (χ0v) is 15.5. The van der Waals surface area contributed by atoms with Gasteiger partial charge < -0.3 is 9.15 Å². The highest BCUT2D eigenvalue weighted by atomic mass is 32.2. The van der Waals surface area contributed by atoms with Gasteiger partial charge in [-0.1, -0.05) is 41.6 Å². The molecule has 27 heavy (non-hydrogen) atoms. The van der Waals surface area contributed by atoms with E-state index in [9.17, 15) is 9.59 Å². The summed E-state index contributed by atoms with van der Waals surface area (Å²) in [6, 6.07) is 14.9. The molecule has 0 bridgehead atoms. The lowest BCUT2D eigenvalue weighted by molar-refractivity contribution is -0.127. The molecule has 8 heteroatoms. The number of oxazole rings is 1. The number of fused-ring (bicyclic) bond motifs is 1. The first-order valence-electron chi connectivity index (χ1n) is 8.36. The van der Waals surface area contributed by atoms with Crippen molar-refractivity contribution in [3.8, 4) is 5.75 Å². The second-order valence-electron chi connectivity index (χ2n) is 5.74. The molecule has 2 amide bonds. The summed E-state index contributed by atoms with van der Waals surface area (Å²) in [5.74, 6) is 0.0945. The third-order valence-electron chi connectivity index (χ3n) is 3.56. The van der Waals surface area contributed by atoms with Gasteiger partial charge in [-0.05, 0) is 31.2 Å². The summed E-state index contributed by atoms with van der Waals surface area (Å²) in [6.07, 6.45) is 0.131. The molecule has 0 atom stereocenters. The van der Waals surface area contributed by atoms with Crippen LogP contribution in [0.1, 0.15) is 12.0 Å². The van der Waals surface area contributed by atoms with Crippen molar-refractivity contribution in [2.75, 3.05) is 12.4 Å². The molecule has 2 N–H and O–H groups in total. The molecule has 2 aromatic carbocycles. The number of ether oxygens (including phenoxy) is 1. The van der Waals surface area contributed by atoms with Crippen molar-refractivity contribution in [1.29, 1.82) is 0 Å². The fourth-order valence-corrected chi connectivity index (χ4v) is 2.81. The van der Waals surface area contributed by atoms with Gasteiger partial charge in [0.1, 0.15) is 11.3 Å². The third kappa shape index (κ3) is 5.75. The molecule has 0 saturated heterocycles. The van der Waals surface area contributed by atoms with Crippen LogP contribution in [0.5, 0.6) is 5.75 Å². The van der Waals surface area contributed by atoms with Crippen molar-refractivity contribution in [2.24, 2.45) is 0 Å². The smallest absolute Gasteiger partial charge is 0.257 e. The Morgan fingerprint density at radius 1 is 1.07 bits per heavy atom. The number of nitrogens with one attached hydrogen (secondary N) is 2. The van der Waals surface area contributed by atoms with E-state index in [-0.39, 0.29) is 30.6 Å². The standard InChI is InChI=1S/C19H19N3O4S/c1-13-6-8-14(9-7-13)25-11-10-17(23)21-22-18(24)12-27-19-20-15-4-2-3-5-16(15)26-19/h2-9H,10-12H2,1H3,(H,21,23)(H,22,24). The van der Waals surface area contributed by atoms with Crippen molar-refractivity contribution >= 4 is 34.7 Å². The largest absolute Gasteiger partial charge is 0.493 e. The topological polar surface area (TPSA) is 93.5 Å². The number of hydrazine groups is 1. The lowest BCUT2D eigenvalue weighted by Crippen LogP contribution is -2.42. The van der Waals surface area contributed by atoms with Crippen molar-refractivity contribution in [1.82, 2.24) is 15.8 Å². The van der Waals surface area contributed by atoms with E-state index >= 15 is 0 Å². The summed E-state index contributed by atoms with van der Waals surface area (Å²) >= 11 is 1.16. The Bertz CT molecular complexity index is 891. The Labute approximate surface area is 160 Å². The molecule has 0 fully saturated rings. The van der Waals surface area contributed by atoms with Crippen LogP contribution >= 0.6 is 11.8 Å². The van der Waals surface area contributed by atoms with Crippen LogP contribution in [0.15, 0.2) is 58.2 Å². The predicted octanol–water partition coefficient (Wildman–Crippen LogP) is 2.84. The minimum absolute atomic E-state index is 0.0764. The van der Waals surface area contributed by atoms with Gasteiger partial charge in [-0.3, -0.25) is 20.4 Å². The van der Waals surface area contributed by atoms with Crippen molar-refractivity contribution in [3.05, 3.63) is 54.1 Å². The maximum Gasteiger partial charge on any atom is 0.257 e. The summed E-state index contributed by atoms with van der Waals surface area (Å²) in [6.45, 7) is 2.21. The minimum Gasteiger partial charge on any atom is -0.493 e. The highest BCUT2D eigenvalue weighted by molar-refractivity contribution is 7.99. The third-order valence-corrected chi connectivity index (χ3v) is 4.39. The molecule has 3 rings (SSSR count). The highest BCUT2D eigenvalue weighted by Gasteiger charge is 2.10. The molecule has 140 valence electrons. The van der Waals surface area contributed by atoms with E-state index < -0.39 is 0 Å². The molecule has 3 aromatic rings. The van der Waals surface area contributed by atoms with E-state index in [0.29, 0.717) is 16.6 Å². The monoisotopic (exact) mass is 385 g/mol. The molecule has 1 heterocycles. The second kappa shape index (κ2) is 9.09. The Balaban J connectivity index is 1.33. The number of thioether (sulfide) groups is 1. The van der Waals surface area contributed by atoms with E-state index in [1.807, 2.05) is 55.5 Å². The highest BCUT2D eigenvalue weighted by Crippen LogP contribution is 2.22. The van der Waals surface area contributed by atoms with Gasteiger partial charge >= 0.3 is 0 Å². The number of amides is 2. The van der Waals surface area contributed by atoms with Crippen LogP contribution in [0, 0.1) is 6.92 Å². The zero-order valence-electron chi connectivity index (χ0n) is 14.7. The van der Waals surface area contributed by atoms with Crippen LogP contribution in [-0.2, 0) is 9.59 Å². The first-order valence-corrected chi connectivity index (χ1v) is 9.34. The number of rotatable bonds is 7. The quantitative estimate of drug-likeness (QED) is 0.480. The van der Waals surface area contributed by atoms with E-state index in [1.165, 1.54) is 0 Å². The molecule has 1 aromatic heterocycles. The molecule has 0 aliphatic heterocycles. The van der Waals surface area contributed by atoms with E-state index in [2.05, 4.69) is 15.8 Å². The van der Waals surface area contributed by atoms with Gasteiger partial charge in [-0.2, -0.15) is 0 Å². The Hall–Kier alpha value is -3.00. The van der Waals surface area contributed by atoms with Crippen LogP contribution in [0.4, 0.5) is 0 Å². The zero-order chi connectivity index (χ0) is 19.1. The molecular formula is C19H19N3O4S. The summed E-state index contributed by atoms with van der Waals surface area (Å²) in [5.41, 5.74) is 7.26. The summed E-state index contributed by atoms with van der Waals surface area (Å²) in [4.78, 5) is 27.8. The molecule has 0 aliphatic carbocycles. The Kier molecular flexibility index (Phi) is 6.32. The SMILES string of the molecule is Cc1ccc(OCCC(=O)NNC(=O)CSc2nc3ccccc3o2)cc1. The number of para-hydroxylation sites is 2. The lowest BCUT2D eigenvalue weighted by atomic mass is 10.2. The Morgan fingerprint density at radius 3 is 2.59 bits per heavy atom. The average molecular weight is 385 g/mol. The fraction of sp³-hybridized carbons (Fsp3) is 0.211. The molecule has 0 saturated carbocycles. The van der Waals surface area contributed by atoms with Crippen molar-refractivity contribution in [2.45, 2.75) is 18.6 Å². The number of carbonyl (C=O) groups excluding carboxylic acids is 2. The van der Waals surface area contributed by atoms with E-state index in [0.717, 1.165) is 22.8 Å². The molecule has 0 radical (unpaired) electrons. The number of aromatic nitrogens is 1. The van der Waals surface area contributed by atoms with Crippen LogP contribution in [-0.4, -0.2) is 29.2 Å². The van der Waals surface area contributed by atoms with Gasteiger partial charge in [-0.15, -0.1) is 0 Å². The fourth-order valence-electron chi connectivity index (χ4n) is 2.17. The first kappa shape index (κ1) is 18.8. The predicted molar refractivity (Wildman–Crippen MR) is 102 cm³/mol. The lowest BCUT2D eigenvalue weighted by Gasteiger charge is -2.08. The summed E-state index contributed by atoms with van der Waals surface area (Å²) < 4.78 is 11.0. The number of benzene rings is 2. The minimum atomic E-state index is -0.352. The second-order valence-corrected chi connectivity index (χ2v) is 6.67. The maximum atomic E-state index is 11.8. The van der Waals surface area contributed by atoms with Crippen molar-refractivity contribution < 1.29 is 18.7 Å². The van der Waals surface area contributed by atoms with Crippen LogP contribution in [0.25, 0.3) is 11.1 Å². The van der Waals surface area contributed by atoms with Crippen LogP contribution in [0.3, 0.4) is 0 Å². The summed E-state index contributed by atoms with van der Waals surface area (Å²) in [5, 5.41) is 0.407. The molecule has 0 spiro atoms. The van der Waals surface area contributed by atoms with E-state index in [4.69, 9.17) is 9.15 Å². The number of nitrogens with zero attached hydrogens (tertiary/aromatic N) is 1. The molecule has 7 nitrogen and oxygen atoms in total. The number of hydrogen-bond donors (Lipinski definition) is 2. The van der Waals surface area contributed by atoms with E-state index in [1.54, 1.807) is 0 Å². The van der Waals surface area contributed by atoms with Crippen LogP contribution < -0.4 is 15.6 Å². The van der Waals surface area contributed by atoms with Gasteiger partial charge in [0, 0.05) is 0 Å².